The van der Waals surface area contributed by atoms with E-state index in [9.17, 15) is 13.2 Å². The Morgan fingerprint density at radius 3 is 2.65 bits per heavy atom. The molecule has 20 heavy (non-hydrogen) atoms. The van der Waals surface area contributed by atoms with Crippen LogP contribution in [-0.2, 0) is 14.8 Å². The van der Waals surface area contributed by atoms with Crippen molar-refractivity contribution in [1.29, 1.82) is 0 Å². The number of sulfonamides is 1. The van der Waals surface area contributed by atoms with Crippen molar-refractivity contribution in [2.75, 3.05) is 25.5 Å². The SMILES string of the molecule is CN(C)c1ccc(S(=O)(=O)N2CCC[C@H]2C(=O)O)cn1. The van der Waals surface area contributed by atoms with E-state index in [1.165, 1.54) is 12.3 Å². The number of pyridine rings is 1. The molecule has 1 saturated heterocycles. The fourth-order valence-corrected chi connectivity index (χ4v) is 3.80. The summed E-state index contributed by atoms with van der Waals surface area (Å²) in [5.74, 6) is -0.468. The minimum Gasteiger partial charge on any atom is -0.480 e. The van der Waals surface area contributed by atoms with Crippen LogP contribution in [0, 0.1) is 0 Å². The van der Waals surface area contributed by atoms with E-state index in [1.54, 1.807) is 25.1 Å². The highest BCUT2D eigenvalue weighted by Gasteiger charge is 2.39. The zero-order chi connectivity index (χ0) is 14.9. The Bertz CT molecular complexity index is 598. The highest BCUT2D eigenvalue weighted by atomic mass is 32.2. The molecular formula is C12H17N3O4S. The van der Waals surface area contributed by atoms with Crippen LogP contribution in [0.15, 0.2) is 23.2 Å². The highest BCUT2D eigenvalue weighted by Crippen LogP contribution is 2.26. The van der Waals surface area contributed by atoms with Crippen molar-refractivity contribution >= 4 is 21.8 Å². The lowest BCUT2D eigenvalue weighted by Crippen LogP contribution is -2.40. The van der Waals surface area contributed by atoms with Crippen LogP contribution < -0.4 is 4.90 Å². The van der Waals surface area contributed by atoms with Gasteiger partial charge in [0.25, 0.3) is 0 Å². The number of rotatable bonds is 4. The molecule has 7 nitrogen and oxygen atoms in total. The Morgan fingerprint density at radius 2 is 2.15 bits per heavy atom. The van der Waals surface area contributed by atoms with Gasteiger partial charge in [-0.15, -0.1) is 0 Å². The highest BCUT2D eigenvalue weighted by molar-refractivity contribution is 7.89. The fourth-order valence-electron chi connectivity index (χ4n) is 2.20. The molecule has 1 aliphatic rings. The third-order valence-corrected chi connectivity index (χ3v) is 5.17. The van der Waals surface area contributed by atoms with Gasteiger partial charge in [-0.3, -0.25) is 4.79 Å². The van der Waals surface area contributed by atoms with Crippen LogP contribution in [0.4, 0.5) is 5.82 Å². The molecule has 8 heteroatoms. The maximum Gasteiger partial charge on any atom is 0.322 e. The summed E-state index contributed by atoms with van der Waals surface area (Å²) < 4.78 is 25.9. The second-order valence-electron chi connectivity index (χ2n) is 4.86. The molecule has 2 rings (SSSR count). The molecule has 2 heterocycles. The lowest BCUT2D eigenvalue weighted by molar-refractivity contribution is -0.140. The largest absolute Gasteiger partial charge is 0.480 e. The number of carboxylic acids is 1. The minimum atomic E-state index is -3.80. The van der Waals surface area contributed by atoms with Gasteiger partial charge in [0.1, 0.15) is 16.8 Å². The lowest BCUT2D eigenvalue weighted by atomic mass is 10.2. The summed E-state index contributed by atoms with van der Waals surface area (Å²) in [5, 5.41) is 9.08. The molecule has 0 spiro atoms. The van der Waals surface area contributed by atoms with Gasteiger partial charge < -0.3 is 10.0 Å². The van der Waals surface area contributed by atoms with Gasteiger partial charge in [-0.05, 0) is 25.0 Å². The van der Waals surface area contributed by atoms with E-state index >= 15 is 0 Å². The summed E-state index contributed by atoms with van der Waals surface area (Å²) in [6.07, 6.45) is 2.17. The summed E-state index contributed by atoms with van der Waals surface area (Å²) in [6, 6.07) is 2.07. The third-order valence-electron chi connectivity index (χ3n) is 3.27. The van der Waals surface area contributed by atoms with Crippen molar-refractivity contribution in [3.8, 4) is 0 Å². The van der Waals surface area contributed by atoms with Crippen LogP contribution in [-0.4, -0.2) is 55.5 Å². The number of anilines is 1. The van der Waals surface area contributed by atoms with Gasteiger partial charge in [0, 0.05) is 26.8 Å². The molecule has 1 aromatic rings. The zero-order valence-electron chi connectivity index (χ0n) is 11.4. The van der Waals surface area contributed by atoms with Crippen LogP contribution >= 0.6 is 0 Å². The van der Waals surface area contributed by atoms with Crippen molar-refractivity contribution in [3.63, 3.8) is 0 Å². The van der Waals surface area contributed by atoms with Crippen molar-refractivity contribution in [2.24, 2.45) is 0 Å². The molecule has 1 fully saturated rings. The molecule has 1 atom stereocenters. The Labute approximate surface area is 117 Å². The maximum atomic E-state index is 12.4. The molecule has 1 aromatic heterocycles. The van der Waals surface area contributed by atoms with E-state index < -0.39 is 22.0 Å². The van der Waals surface area contributed by atoms with Crippen molar-refractivity contribution in [3.05, 3.63) is 18.3 Å². The summed E-state index contributed by atoms with van der Waals surface area (Å²) in [7, 11) is -0.198. The Kier molecular flexibility index (Phi) is 3.96. The van der Waals surface area contributed by atoms with E-state index in [1.807, 2.05) is 0 Å². The topological polar surface area (TPSA) is 90.8 Å². The van der Waals surface area contributed by atoms with E-state index in [4.69, 9.17) is 5.11 Å². The molecule has 0 bridgehead atoms. The molecule has 110 valence electrons. The predicted molar refractivity (Wildman–Crippen MR) is 73.1 cm³/mol. The number of carboxylic acid groups (broad SMARTS) is 1. The average Bonchev–Trinajstić information content (AvgIpc) is 2.89. The zero-order valence-corrected chi connectivity index (χ0v) is 12.2. The molecule has 1 N–H and O–H groups in total. The number of hydrogen-bond acceptors (Lipinski definition) is 5. The first-order valence-corrected chi connectivity index (χ1v) is 7.66. The van der Waals surface area contributed by atoms with Crippen molar-refractivity contribution in [2.45, 2.75) is 23.8 Å². The van der Waals surface area contributed by atoms with Crippen LogP contribution in [0.3, 0.4) is 0 Å². The summed E-state index contributed by atoms with van der Waals surface area (Å²) in [4.78, 5) is 16.9. The van der Waals surface area contributed by atoms with E-state index in [-0.39, 0.29) is 11.4 Å². The molecule has 0 radical (unpaired) electrons. The van der Waals surface area contributed by atoms with Gasteiger partial charge in [-0.1, -0.05) is 0 Å². The van der Waals surface area contributed by atoms with Gasteiger partial charge >= 0.3 is 5.97 Å². The van der Waals surface area contributed by atoms with Crippen molar-refractivity contribution < 1.29 is 18.3 Å². The van der Waals surface area contributed by atoms with E-state index in [2.05, 4.69) is 4.98 Å². The molecule has 0 aromatic carbocycles. The summed E-state index contributed by atoms with van der Waals surface area (Å²) in [5.41, 5.74) is 0. The Balaban J connectivity index is 2.32. The van der Waals surface area contributed by atoms with Gasteiger partial charge in [-0.2, -0.15) is 4.31 Å². The fraction of sp³-hybridized carbons (Fsp3) is 0.500. The first-order valence-electron chi connectivity index (χ1n) is 6.22. The molecule has 0 aliphatic carbocycles. The quantitative estimate of drug-likeness (QED) is 0.864. The monoisotopic (exact) mass is 299 g/mol. The molecule has 0 saturated carbocycles. The standard InChI is InChI=1S/C12H17N3O4S/c1-14(2)11-6-5-9(8-13-11)20(18,19)15-7-3-4-10(15)12(16)17/h5-6,8,10H,3-4,7H2,1-2H3,(H,16,17)/t10-/m0/s1. The molecular weight excluding hydrogens is 282 g/mol. The van der Waals surface area contributed by atoms with Crippen LogP contribution in [0.5, 0.6) is 0 Å². The molecule has 1 aliphatic heterocycles. The predicted octanol–water partition coefficient (Wildman–Crippen LogP) is 0.385. The number of carbonyl (C=O) groups is 1. The maximum absolute atomic E-state index is 12.4. The number of aliphatic carboxylic acids is 1. The van der Waals surface area contributed by atoms with Gasteiger partial charge in [0.2, 0.25) is 10.0 Å². The third kappa shape index (κ3) is 2.61. The van der Waals surface area contributed by atoms with Gasteiger partial charge in [-0.25, -0.2) is 13.4 Å². The summed E-state index contributed by atoms with van der Waals surface area (Å²) >= 11 is 0. The number of aromatic nitrogens is 1. The average molecular weight is 299 g/mol. The first kappa shape index (κ1) is 14.7. The summed E-state index contributed by atoms with van der Waals surface area (Å²) in [6.45, 7) is 0.231. The Morgan fingerprint density at radius 1 is 1.45 bits per heavy atom. The minimum absolute atomic E-state index is 0.0243. The van der Waals surface area contributed by atoms with E-state index in [0.717, 1.165) is 4.31 Å². The normalized spacial score (nSPS) is 20.0. The smallest absolute Gasteiger partial charge is 0.322 e. The van der Waals surface area contributed by atoms with Gasteiger partial charge in [0.05, 0.1) is 0 Å². The van der Waals surface area contributed by atoms with Gasteiger partial charge in [0.15, 0.2) is 0 Å². The van der Waals surface area contributed by atoms with Crippen LogP contribution in [0.25, 0.3) is 0 Å². The Hall–Kier alpha value is -1.67. The van der Waals surface area contributed by atoms with Crippen LogP contribution in [0.2, 0.25) is 0 Å². The van der Waals surface area contributed by atoms with Crippen LogP contribution in [0.1, 0.15) is 12.8 Å². The molecule has 0 amide bonds. The number of hydrogen-bond donors (Lipinski definition) is 1. The second kappa shape index (κ2) is 5.37. The first-order chi connectivity index (χ1) is 9.34. The number of nitrogens with zero attached hydrogens (tertiary/aromatic N) is 3. The second-order valence-corrected chi connectivity index (χ2v) is 6.75. The van der Waals surface area contributed by atoms with Crippen molar-refractivity contribution in [1.82, 2.24) is 9.29 Å². The van der Waals surface area contributed by atoms with E-state index in [0.29, 0.717) is 18.7 Å². The molecule has 0 unspecified atom stereocenters. The lowest BCUT2D eigenvalue weighted by Gasteiger charge is -2.21.